The summed E-state index contributed by atoms with van der Waals surface area (Å²) in [5, 5.41) is 0. The third-order valence-corrected chi connectivity index (χ3v) is 4.43. The summed E-state index contributed by atoms with van der Waals surface area (Å²) in [4.78, 5) is 11.9. The van der Waals surface area contributed by atoms with E-state index in [0.29, 0.717) is 11.7 Å². The van der Waals surface area contributed by atoms with Crippen LogP contribution >= 0.6 is 11.8 Å². The highest BCUT2D eigenvalue weighted by atomic mass is 32.2. The molecular formula is C10H16OS. The van der Waals surface area contributed by atoms with Gasteiger partial charge in [-0.15, -0.1) is 11.8 Å². The smallest absolute Gasteiger partial charge is 0.152 e. The van der Waals surface area contributed by atoms with Gasteiger partial charge < -0.3 is 0 Å². The maximum atomic E-state index is 11.9. The summed E-state index contributed by atoms with van der Waals surface area (Å²) in [7, 11) is 0. The number of hydrogen-bond acceptors (Lipinski definition) is 2. The first-order valence-corrected chi connectivity index (χ1v) is 5.89. The van der Waals surface area contributed by atoms with E-state index in [-0.39, 0.29) is 4.75 Å². The average molecular weight is 184 g/mol. The van der Waals surface area contributed by atoms with Gasteiger partial charge in [0.2, 0.25) is 0 Å². The van der Waals surface area contributed by atoms with E-state index in [2.05, 4.69) is 6.92 Å². The van der Waals surface area contributed by atoms with Gasteiger partial charge >= 0.3 is 0 Å². The first-order chi connectivity index (χ1) is 5.72. The van der Waals surface area contributed by atoms with Crippen LogP contribution in [0.5, 0.6) is 0 Å². The molecule has 0 aromatic carbocycles. The van der Waals surface area contributed by atoms with Gasteiger partial charge in [-0.25, -0.2) is 0 Å². The van der Waals surface area contributed by atoms with Crippen LogP contribution in [0, 0.1) is 5.92 Å². The molecule has 12 heavy (non-hydrogen) atoms. The lowest BCUT2D eigenvalue weighted by molar-refractivity contribution is -0.124. The van der Waals surface area contributed by atoms with Crippen LogP contribution in [0.2, 0.25) is 0 Å². The van der Waals surface area contributed by atoms with E-state index in [4.69, 9.17) is 0 Å². The molecule has 0 amide bonds. The zero-order chi connectivity index (χ0) is 8.60. The standard InChI is InChI=1S/C10H16OS/c1-10(7-12-10)9(11)8-5-3-2-4-6-8/h8H,2-7H2,1H3. The molecule has 2 rings (SSSR count). The number of carbonyl (C=O) groups is 1. The van der Waals surface area contributed by atoms with Gasteiger partial charge in [-0.3, -0.25) is 4.79 Å². The Labute approximate surface area is 78.3 Å². The van der Waals surface area contributed by atoms with Crippen molar-refractivity contribution < 1.29 is 4.79 Å². The maximum absolute atomic E-state index is 11.9. The van der Waals surface area contributed by atoms with Crippen LogP contribution in [-0.2, 0) is 4.79 Å². The second-order valence-electron chi connectivity index (χ2n) is 4.22. The number of hydrogen-bond donors (Lipinski definition) is 0. The molecular weight excluding hydrogens is 168 g/mol. The van der Waals surface area contributed by atoms with Crippen molar-refractivity contribution in [1.29, 1.82) is 0 Å². The second-order valence-corrected chi connectivity index (χ2v) is 5.70. The van der Waals surface area contributed by atoms with Gasteiger partial charge in [0, 0.05) is 11.7 Å². The zero-order valence-corrected chi connectivity index (χ0v) is 8.45. The topological polar surface area (TPSA) is 17.1 Å². The molecule has 1 aliphatic carbocycles. The number of rotatable bonds is 2. The van der Waals surface area contributed by atoms with Crippen LogP contribution in [0.4, 0.5) is 0 Å². The van der Waals surface area contributed by atoms with Gasteiger partial charge in [-0.2, -0.15) is 0 Å². The maximum Gasteiger partial charge on any atom is 0.152 e. The molecule has 0 bridgehead atoms. The molecule has 2 fully saturated rings. The monoisotopic (exact) mass is 184 g/mol. The average Bonchev–Trinajstić information content (AvgIpc) is 2.85. The SMILES string of the molecule is CC1(C(=O)C2CCCCC2)CS1. The summed E-state index contributed by atoms with van der Waals surface area (Å²) in [6.45, 7) is 2.11. The molecule has 2 heteroatoms. The van der Waals surface area contributed by atoms with E-state index >= 15 is 0 Å². The molecule has 0 aromatic rings. The highest BCUT2D eigenvalue weighted by Crippen LogP contribution is 2.48. The lowest BCUT2D eigenvalue weighted by Gasteiger charge is -2.22. The van der Waals surface area contributed by atoms with Crippen molar-refractivity contribution in [2.75, 3.05) is 5.75 Å². The van der Waals surface area contributed by atoms with Crippen molar-refractivity contribution in [2.24, 2.45) is 5.92 Å². The van der Waals surface area contributed by atoms with E-state index in [9.17, 15) is 4.79 Å². The molecule has 1 heterocycles. The van der Waals surface area contributed by atoms with Gasteiger partial charge in [0.1, 0.15) is 0 Å². The lowest BCUT2D eigenvalue weighted by Crippen LogP contribution is -2.28. The molecule has 0 N–H and O–H groups in total. The Morgan fingerprint density at radius 1 is 1.33 bits per heavy atom. The highest BCUT2D eigenvalue weighted by Gasteiger charge is 2.48. The number of Topliss-reactive ketones (excluding diaryl/α,β-unsaturated/α-hetero) is 1. The first kappa shape index (κ1) is 8.61. The Morgan fingerprint density at radius 2 is 1.92 bits per heavy atom. The van der Waals surface area contributed by atoms with Crippen LogP contribution < -0.4 is 0 Å². The Morgan fingerprint density at radius 3 is 2.42 bits per heavy atom. The Bertz CT molecular complexity index is 190. The van der Waals surface area contributed by atoms with Crippen molar-refractivity contribution in [3.05, 3.63) is 0 Å². The highest BCUT2D eigenvalue weighted by molar-refractivity contribution is 8.08. The van der Waals surface area contributed by atoms with Crippen molar-refractivity contribution in [2.45, 2.75) is 43.8 Å². The van der Waals surface area contributed by atoms with Crippen LogP contribution in [-0.4, -0.2) is 16.3 Å². The van der Waals surface area contributed by atoms with E-state index < -0.39 is 0 Å². The molecule has 68 valence electrons. The minimum atomic E-state index is 0.0437. The number of ketones is 1. The molecule has 2 aliphatic rings. The zero-order valence-electron chi connectivity index (χ0n) is 7.64. The first-order valence-electron chi connectivity index (χ1n) is 4.91. The summed E-state index contributed by atoms with van der Waals surface area (Å²) in [5.74, 6) is 2.04. The minimum absolute atomic E-state index is 0.0437. The van der Waals surface area contributed by atoms with E-state index in [1.165, 1.54) is 19.3 Å². The largest absolute Gasteiger partial charge is 0.298 e. The predicted octanol–water partition coefficient (Wildman–Crippen LogP) is 2.64. The molecule has 0 spiro atoms. The van der Waals surface area contributed by atoms with E-state index in [1.807, 2.05) is 11.8 Å². The fourth-order valence-corrected chi connectivity index (χ4v) is 2.71. The Balaban J connectivity index is 1.94. The van der Waals surface area contributed by atoms with Crippen LogP contribution in [0.3, 0.4) is 0 Å². The summed E-state index contributed by atoms with van der Waals surface area (Å²) >= 11 is 1.82. The van der Waals surface area contributed by atoms with Gasteiger partial charge in [-0.1, -0.05) is 19.3 Å². The van der Waals surface area contributed by atoms with Gasteiger partial charge in [0.05, 0.1) is 4.75 Å². The van der Waals surface area contributed by atoms with Gasteiger partial charge in [0.25, 0.3) is 0 Å². The number of thioether (sulfide) groups is 1. The second kappa shape index (κ2) is 3.06. The molecule has 1 atom stereocenters. The minimum Gasteiger partial charge on any atom is -0.298 e. The lowest BCUT2D eigenvalue weighted by atomic mass is 9.82. The van der Waals surface area contributed by atoms with Crippen molar-refractivity contribution in [3.8, 4) is 0 Å². The molecule has 1 aliphatic heterocycles. The number of carbonyl (C=O) groups excluding carboxylic acids is 1. The fourth-order valence-electron chi connectivity index (χ4n) is 2.05. The third-order valence-electron chi connectivity index (χ3n) is 3.07. The Kier molecular flexibility index (Phi) is 2.19. The molecule has 0 aromatic heterocycles. The van der Waals surface area contributed by atoms with Crippen LogP contribution in [0.15, 0.2) is 0 Å². The quantitative estimate of drug-likeness (QED) is 0.614. The summed E-state index contributed by atoms with van der Waals surface area (Å²) in [5.41, 5.74) is 0. The fraction of sp³-hybridized carbons (Fsp3) is 0.900. The van der Waals surface area contributed by atoms with Gasteiger partial charge in [-0.05, 0) is 19.8 Å². The summed E-state index contributed by atoms with van der Waals surface area (Å²) in [6, 6.07) is 0. The molecule has 1 saturated carbocycles. The van der Waals surface area contributed by atoms with Crippen molar-refractivity contribution >= 4 is 17.5 Å². The molecule has 1 saturated heterocycles. The molecule has 1 nitrogen and oxygen atoms in total. The van der Waals surface area contributed by atoms with Crippen LogP contribution in [0.25, 0.3) is 0 Å². The van der Waals surface area contributed by atoms with Crippen LogP contribution in [0.1, 0.15) is 39.0 Å². The molecule has 1 unspecified atom stereocenters. The Hall–Kier alpha value is 0.0200. The van der Waals surface area contributed by atoms with E-state index in [0.717, 1.165) is 18.6 Å². The molecule has 0 radical (unpaired) electrons. The predicted molar refractivity (Wildman–Crippen MR) is 52.4 cm³/mol. The summed E-state index contributed by atoms with van der Waals surface area (Å²) in [6.07, 6.45) is 6.21. The third kappa shape index (κ3) is 1.54. The normalized spacial score (nSPS) is 36.4. The summed E-state index contributed by atoms with van der Waals surface area (Å²) < 4.78 is 0.0437. The van der Waals surface area contributed by atoms with Gasteiger partial charge in [0.15, 0.2) is 5.78 Å². The van der Waals surface area contributed by atoms with Crippen molar-refractivity contribution in [3.63, 3.8) is 0 Å². The van der Waals surface area contributed by atoms with Crippen molar-refractivity contribution in [1.82, 2.24) is 0 Å². The van der Waals surface area contributed by atoms with E-state index in [1.54, 1.807) is 0 Å².